The minimum Gasteiger partial charge on any atom is -0.397 e. The fourth-order valence-corrected chi connectivity index (χ4v) is 0.728. The van der Waals surface area contributed by atoms with Crippen LogP contribution in [0, 0.1) is 0 Å². The van der Waals surface area contributed by atoms with Crippen molar-refractivity contribution in [2.24, 2.45) is 11.5 Å². The van der Waals surface area contributed by atoms with Crippen molar-refractivity contribution in [2.75, 3.05) is 0 Å². The highest BCUT2D eigenvalue weighted by atomic mass is 32.2. The van der Waals surface area contributed by atoms with Gasteiger partial charge in [-0.3, -0.25) is 0 Å². The highest BCUT2D eigenvalue weighted by molar-refractivity contribution is 8.05. The van der Waals surface area contributed by atoms with Gasteiger partial charge in [-0.15, -0.1) is 0 Å². The SMILES string of the molecule is C=C(N)S/C=C(\N)C(C)(F)F. The second kappa shape index (κ2) is 3.61. The van der Waals surface area contributed by atoms with E-state index < -0.39 is 11.6 Å². The smallest absolute Gasteiger partial charge is 0.284 e. The number of alkyl halides is 2. The van der Waals surface area contributed by atoms with Crippen molar-refractivity contribution in [1.82, 2.24) is 0 Å². The van der Waals surface area contributed by atoms with Crippen LogP contribution in [0.3, 0.4) is 0 Å². The summed E-state index contributed by atoms with van der Waals surface area (Å²) in [7, 11) is 0. The van der Waals surface area contributed by atoms with Crippen molar-refractivity contribution in [3.05, 3.63) is 22.7 Å². The van der Waals surface area contributed by atoms with E-state index >= 15 is 0 Å². The Balaban J connectivity index is 4.12. The second-order valence-corrected chi connectivity index (χ2v) is 3.04. The lowest BCUT2D eigenvalue weighted by molar-refractivity contribution is 0.0621. The minimum atomic E-state index is -2.98. The highest BCUT2D eigenvalue weighted by Gasteiger charge is 2.24. The van der Waals surface area contributed by atoms with Gasteiger partial charge in [-0.2, -0.15) is 0 Å². The minimum absolute atomic E-state index is 0.234. The first-order valence-corrected chi connectivity index (χ1v) is 3.67. The number of hydrogen-bond donors (Lipinski definition) is 2. The molecule has 0 atom stereocenters. The molecule has 0 aliphatic carbocycles. The van der Waals surface area contributed by atoms with E-state index in [1.165, 1.54) is 0 Å². The summed E-state index contributed by atoms with van der Waals surface area (Å²) in [5, 5.41) is 1.32. The van der Waals surface area contributed by atoms with E-state index in [1.54, 1.807) is 0 Å². The second-order valence-electron chi connectivity index (χ2n) is 2.05. The van der Waals surface area contributed by atoms with Gasteiger partial charge < -0.3 is 11.5 Å². The van der Waals surface area contributed by atoms with E-state index in [0.717, 1.165) is 24.1 Å². The van der Waals surface area contributed by atoms with Gasteiger partial charge in [-0.1, -0.05) is 18.3 Å². The van der Waals surface area contributed by atoms with Gasteiger partial charge in [-0.05, 0) is 0 Å². The summed E-state index contributed by atoms with van der Waals surface area (Å²) in [4.78, 5) is 0. The first kappa shape index (κ1) is 10.3. The Hall–Kier alpha value is -0.710. The summed E-state index contributed by atoms with van der Waals surface area (Å²) in [5.74, 6) is -2.98. The molecule has 0 aromatic carbocycles. The fraction of sp³-hybridized carbons (Fsp3) is 0.333. The van der Waals surface area contributed by atoms with Crippen LogP contribution >= 0.6 is 11.8 Å². The predicted molar refractivity (Wildman–Crippen MR) is 43.8 cm³/mol. The van der Waals surface area contributed by atoms with Crippen LogP contribution in [-0.4, -0.2) is 5.92 Å². The molecule has 0 fully saturated rings. The first-order valence-electron chi connectivity index (χ1n) is 2.79. The van der Waals surface area contributed by atoms with E-state index in [9.17, 15) is 8.78 Å². The van der Waals surface area contributed by atoms with Crippen molar-refractivity contribution in [3.8, 4) is 0 Å². The number of nitrogens with two attached hydrogens (primary N) is 2. The van der Waals surface area contributed by atoms with Crippen LogP contribution in [0.4, 0.5) is 8.78 Å². The summed E-state index contributed by atoms with van der Waals surface area (Å²) >= 11 is 0.883. The Morgan fingerprint density at radius 3 is 2.27 bits per heavy atom. The maximum atomic E-state index is 12.3. The van der Waals surface area contributed by atoms with Crippen LogP contribution in [-0.2, 0) is 0 Å². The molecule has 0 amide bonds. The van der Waals surface area contributed by atoms with Gasteiger partial charge in [0.25, 0.3) is 5.92 Å². The van der Waals surface area contributed by atoms with E-state index in [2.05, 4.69) is 6.58 Å². The third-order valence-corrected chi connectivity index (χ3v) is 1.52. The largest absolute Gasteiger partial charge is 0.397 e. The molecule has 0 rings (SSSR count). The molecule has 64 valence electrons. The van der Waals surface area contributed by atoms with Gasteiger partial charge in [0.15, 0.2) is 0 Å². The number of rotatable bonds is 3. The molecule has 0 bridgehead atoms. The van der Waals surface area contributed by atoms with Gasteiger partial charge >= 0.3 is 0 Å². The van der Waals surface area contributed by atoms with Crippen LogP contribution in [0.1, 0.15) is 6.92 Å². The van der Waals surface area contributed by atoms with Crippen LogP contribution in [0.2, 0.25) is 0 Å². The van der Waals surface area contributed by atoms with Crippen LogP contribution in [0.15, 0.2) is 22.7 Å². The van der Waals surface area contributed by atoms with Crippen molar-refractivity contribution < 1.29 is 8.78 Å². The standard InChI is InChI=1S/C6H10F2N2S/c1-4(9)11-3-5(10)6(2,7)8/h3H,1,9-10H2,2H3/b5-3-. The molecule has 0 radical (unpaired) electrons. The lowest BCUT2D eigenvalue weighted by atomic mass is 10.3. The molecule has 4 N–H and O–H groups in total. The number of allylic oxidation sites excluding steroid dienone is 1. The van der Waals surface area contributed by atoms with Gasteiger partial charge in [0.05, 0.1) is 10.7 Å². The normalized spacial score (nSPS) is 13.2. The Morgan fingerprint density at radius 2 is 2.00 bits per heavy atom. The summed E-state index contributed by atoms with van der Waals surface area (Å²) < 4.78 is 24.6. The average molecular weight is 180 g/mol. The molecule has 11 heavy (non-hydrogen) atoms. The summed E-state index contributed by atoms with van der Waals surface area (Å²) in [6.07, 6.45) is 0. The molecule has 0 unspecified atom stereocenters. The Labute approximate surface area is 68.3 Å². The lowest BCUT2D eigenvalue weighted by Crippen LogP contribution is -2.20. The maximum Gasteiger partial charge on any atom is 0.284 e. The molecular weight excluding hydrogens is 170 g/mol. The predicted octanol–water partition coefficient (Wildman–Crippen LogP) is 1.60. The lowest BCUT2D eigenvalue weighted by Gasteiger charge is -2.09. The third kappa shape index (κ3) is 4.66. The van der Waals surface area contributed by atoms with E-state index in [4.69, 9.17) is 11.5 Å². The summed E-state index contributed by atoms with van der Waals surface area (Å²) in [6, 6.07) is 0. The quantitative estimate of drug-likeness (QED) is 0.693. The molecule has 0 aromatic heterocycles. The monoisotopic (exact) mass is 180 g/mol. The molecule has 0 aliphatic heterocycles. The fourth-order valence-electron chi connectivity index (χ4n) is 0.243. The van der Waals surface area contributed by atoms with E-state index in [1.807, 2.05) is 0 Å². The molecule has 0 spiro atoms. The summed E-state index contributed by atoms with van der Waals surface area (Å²) in [5.41, 5.74) is 9.59. The van der Waals surface area contributed by atoms with Gasteiger partial charge in [-0.25, -0.2) is 8.78 Å². The molecule has 0 aromatic rings. The van der Waals surface area contributed by atoms with Crippen molar-refractivity contribution >= 4 is 11.8 Å². The van der Waals surface area contributed by atoms with Crippen molar-refractivity contribution in [2.45, 2.75) is 12.8 Å². The van der Waals surface area contributed by atoms with E-state index in [0.29, 0.717) is 0 Å². The van der Waals surface area contributed by atoms with E-state index in [-0.39, 0.29) is 5.03 Å². The topological polar surface area (TPSA) is 52.0 Å². The van der Waals surface area contributed by atoms with Crippen LogP contribution in [0.25, 0.3) is 0 Å². The average Bonchev–Trinajstić information content (AvgIpc) is 1.80. The molecule has 2 nitrogen and oxygen atoms in total. The number of halogens is 2. The van der Waals surface area contributed by atoms with Crippen molar-refractivity contribution in [3.63, 3.8) is 0 Å². The molecule has 5 heteroatoms. The zero-order chi connectivity index (χ0) is 9.07. The van der Waals surface area contributed by atoms with Crippen LogP contribution in [0.5, 0.6) is 0 Å². The molecular formula is C6H10F2N2S. The van der Waals surface area contributed by atoms with Crippen LogP contribution < -0.4 is 11.5 Å². The van der Waals surface area contributed by atoms with Gasteiger partial charge in [0.1, 0.15) is 0 Å². The third-order valence-electron chi connectivity index (χ3n) is 0.844. The molecule has 0 saturated heterocycles. The number of thioether (sulfide) groups is 1. The Kier molecular flexibility index (Phi) is 3.38. The molecule has 0 aliphatic rings. The Bertz CT molecular complexity index is 184. The molecule has 0 heterocycles. The highest BCUT2D eigenvalue weighted by Crippen LogP contribution is 2.22. The maximum absolute atomic E-state index is 12.3. The summed E-state index contributed by atoms with van der Waals surface area (Å²) in [6.45, 7) is 4.03. The van der Waals surface area contributed by atoms with Gasteiger partial charge in [0.2, 0.25) is 0 Å². The first-order chi connectivity index (χ1) is 4.84. The Morgan fingerprint density at radius 1 is 1.55 bits per heavy atom. The van der Waals surface area contributed by atoms with Crippen molar-refractivity contribution in [1.29, 1.82) is 0 Å². The zero-order valence-corrected chi connectivity index (χ0v) is 6.92. The molecule has 0 saturated carbocycles. The van der Waals surface area contributed by atoms with Gasteiger partial charge in [0, 0.05) is 12.3 Å². The number of hydrogen-bond acceptors (Lipinski definition) is 3. The zero-order valence-electron chi connectivity index (χ0n) is 6.10.